The molecule has 1 aliphatic carbocycles. The van der Waals surface area contributed by atoms with Gasteiger partial charge >= 0.3 is 0 Å². The Labute approximate surface area is 206 Å². The Morgan fingerprint density at radius 3 is 2.12 bits per heavy atom. The monoisotopic (exact) mass is 462 g/mol. The van der Waals surface area contributed by atoms with Gasteiger partial charge in [-0.05, 0) is 54.7 Å². The lowest BCUT2D eigenvalue weighted by atomic mass is 9.86. The van der Waals surface area contributed by atoms with E-state index in [2.05, 4.69) is 81.5 Å². The summed E-state index contributed by atoms with van der Waals surface area (Å²) in [6.07, 6.45) is 6.10. The highest BCUT2D eigenvalue weighted by Gasteiger charge is 2.30. The Balaban J connectivity index is 1.73. The van der Waals surface area contributed by atoms with Crippen molar-refractivity contribution in [1.29, 1.82) is 0 Å². The van der Waals surface area contributed by atoms with E-state index in [1.165, 1.54) is 24.0 Å². The van der Waals surface area contributed by atoms with E-state index in [4.69, 9.17) is 0 Å². The average molecular weight is 463 g/mol. The Kier molecular flexibility index (Phi) is 8.93. The van der Waals surface area contributed by atoms with Crippen LogP contribution in [0.5, 0.6) is 0 Å². The van der Waals surface area contributed by atoms with Crippen molar-refractivity contribution in [3.05, 3.63) is 70.8 Å². The van der Waals surface area contributed by atoms with Gasteiger partial charge in [0.2, 0.25) is 11.8 Å². The number of hydrogen-bond acceptors (Lipinski definition) is 2. The number of rotatable bonds is 9. The van der Waals surface area contributed by atoms with E-state index in [0.717, 1.165) is 24.0 Å². The topological polar surface area (TPSA) is 49.4 Å². The van der Waals surface area contributed by atoms with Crippen molar-refractivity contribution in [2.45, 2.75) is 104 Å². The number of benzene rings is 2. The lowest BCUT2D eigenvalue weighted by Gasteiger charge is -2.31. The van der Waals surface area contributed by atoms with Crippen molar-refractivity contribution in [2.75, 3.05) is 0 Å². The van der Waals surface area contributed by atoms with E-state index in [1.54, 1.807) is 4.90 Å². The van der Waals surface area contributed by atoms with Crippen LogP contribution in [0.3, 0.4) is 0 Å². The predicted molar refractivity (Wildman–Crippen MR) is 140 cm³/mol. The summed E-state index contributed by atoms with van der Waals surface area (Å²) in [4.78, 5) is 28.5. The highest BCUT2D eigenvalue weighted by atomic mass is 16.2. The molecular formula is C30H42N2O2. The maximum absolute atomic E-state index is 13.5. The second kappa shape index (κ2) is 11.7. The van der Waals surface area contributed by atoms with Crippen molar-refractivity contribution in [3.8, 4) is 0 Å². The molecule has 34 heavy (non-hydrogen) atoms. The van der Waals surface area contributed by atoms with Crippen molar-refractivity contribution in [2.24, 2.45) is 0 Å². The standard InChI is InChI=1S/C30H42N2O2/c1-6-27(29(34)31-26-9-7-8-10-26)32(21-24-13-11-22(2)12-14-24)28(33)20-17-23-15-18-25(19-16-23)30(3,4)5/h11-16,18-19,26-27H,6-10,17,20-21H2,1-5H3,(H,31,34)/t27-/m0/s1. The first-order valence-electron chi connectivity index (χ1n) is 12.9. The third kappa shape index (κ3) is 7.19. The zero-order chi connectivity index (χ0) is 24.7. The minimum absolute atomic E-state index is 0.00982. The van der Waals surface area contributed by atoms with E-state index in [0.29, 0.717) is 25.8 Å². The molecule has 0 unspecified atom stereocenters. The van der Waals surface area contributed by atoms with Crippen LogP contribution in [0.15, 0.2) is 48.5 Å². The molecule has 1 saturated carbocycles. The fourth-order valence-electron chi connectivity index (χ4n) is 4.74. The SMILES string of the molecule is CC[C@@H](C(=O)NC1CCCC1)N(Cc1ccc(C)cc1)C(=O)CCc1ccc(C(C)(C)C)cc1. The fourth-order valence-corrected chi connectivity index (χ4v) is 4.74. The molecule has 184 valence electrons. The van der Waals surface area contributed by atoms with Crippen LogP contribution in [0.1, 0.15) is 88.5 Å². The molecule has 4 heteroatoms. The number of aryl methyl sites for hydroxylation is 2. The van der Waals surface area contributed by atoms with Gasteiger partial charge in [0.05, 0.1) is 0 Å². The first kappa shape index (κ1) is 26.0. The van der Waals surface area contributed by atoms with Crippen LogP contribution in [-0.4, -0.2) is 28.8 Å². The third-order valence-corrected chi connectivity index (χ3v) is 7.01. The van der Waals surface area contributed by atoms with Crippen molar-refractivity contribution in [1.82, 2.24) is 10.2 Å². The van der Waals surface area contributed by atoms with Crippen LogP contribution in [0.4, 0.5) is 0 Å². The fraction of sp³-hybridized carbons (Fsp3) is 0.533. The first-order chi connectivity index (χ1) is 16.2. The predicted octanol–water partition coefficient (Wildman–Crippen LogP) is 6.09. The molecule has 0 aliphatic heterocycles. The Bertz CT molecular complexity index is 935. The zero-order valence-corrected chi connectivity index (χ0v) is 21.7. The van der Waals surface area contributed by atoms with Gasteiger partial charge in [-0.1, -0.05) is 94.6 Å². The molecule has 1 atom stereocenters. The smallest absolute Gasteiger partial charge is 0.243 e. The van der Waals surface area contributed by atoms with Gasteiger partial charge < -0.3 is 10.2 Å². The third-order valence-electron chi connectivity index (χ3n) is 7.01. The summed E-state index contributed by atoms with van der Waals surface area (Å²) >= 11 is 0. The van der Waals surface area contributed by atoms with Gasteiger partial charge in [0.1, 0.15) is 6.04 Å². The largest absolute Gasteiger partial charge is 0.352 e. The Morgan fingerprint density at radius 2 is 1.56 bits per heavy atom. The van der Waals surface area contributed by atoms with Crippen LogP contribution in [-0.2, 0) is 28.0 Å². The second-order valence-corrected chi connectivity index (χ2v) is 10.9. The lowest BCUT2D eigenvalue weighted by molar-refractivity contribution is -0.141. The van der Waals surface area contributed by atoms with Crippen LogP contribution in [0, 0.1) is 6.92 Å². The molecule has 0 saturated heterocycles. The summed E-state index contributed by atoms with van der Waals surface area (Å²) in [7, 11) is 0. The summed E-state index contributed by atoms with van der Waals surface area (Å²) < 4.78 is 0. The minimum Gasteiger partial charge on any atom is -0.352 e. The molecule has 1 N–H and O–H groups in total. The number of nitrogens with one attached hydrogen (secondary N) is 1. The van der Waals surface area contributed by atoms with Gasteiger partial charge in [-0.25, -0.2) is 0 Å². The molecule has 0 aromatic heterocycles. The van der Waals surface area contributed by atoms with Gasteiger partial charge in [-0.15, -0.1) is 0 Å². The number of carbonyl (C=O) groups is 2. The summed E-state index contributed by atoms with van der Waals surface area (Å²) in [6, 6.07) is 16.6. The second-order valence-electron chi connectivity index (χ2n) is 10.9. The molecule has 1 fully saturated rings. The molecule has 2 amide bonds. The molecule has 2 aromatic rings. The molecule has 0 heterocycles. The normalized spacial score (nSPS) is 15.2. The van der Waals surface area contributed by atoms with Crippen LogP contribution < -0.4 is 5.32 Å². The van der Waals surface area contributed by atoms with Crippen molar-refractivity contribution >= 4 is 11.8 Å². The number of carbonyl (C=O) groups excluding carboxylic acids is 2. The van der Waals surface area contributed by atoms with Crippen molar-refractivity contribution < 1.29 is 9.59 Å². The van der Waals surface area contributed by atoms with Gasteiger partial charge in [0.15, 0.2) is 0 Å². The van der Waals surface area contributed by atoms with E-state index < -0.39 is 6.04 Å². The molecule has 2 aromatic carbocycles. The van der Waals surface area contributed by atoms with Gasteiger partial charge in [-0.2, -0.15) is 0 Å². The number of hydrogen-bond donors (Lipinski definition) is 1. The molecule has 0 radical (unpaired) electrons. The van der Waals surface area contributed by atoms with Crippen LogP contribution >= 0.6 is 0 Å². The maximum Gasteiger partial charge on any atom is 0.243 e. The quantitative estimate of drug-likeness (QED) is 0.490. The molecule has 1 aliphatic rings. The van der Waals surface area contributed by atoms with Gasteiger partial charge in [0, 0.05) is 19.0 Å². The lowest BCUT2D eigenvalue weighted by Crippen LogP contribution is -2.51. The summed E-state index contributed by atoms with van der Waals surface area (Å²) in [5.74, 6) is 0.0262. The van der Waals surface area contributed by atoms with Gasteiger partial charge in [0.25, 0.3) is 0 Å². The number of amides is 2. The first-order valence-corrected chi connectivity index (χ1v) is 12.9. The summed E-state index contributed by atoms with van der Waals surface area (Å²) in [5, 5.41) is 3.22. The molecular weight excluding hydrogens is 420 g/mol. The zero-order valence-electron chi connectivity index (χ0n) is 21.7. The molecule has 0 bridgehead atoms. The van der Waals surface area contributed by atoms with Crippen LogP contribution in [0.25, 0.3) is 0 Å². The van der Waals surface area contributed by atoms with E-state index >= 15 is 0 Å². The highest BCUT2D eigenvalue weighted by Crippen LogP contribution is 2.23. The summed E-state index contributed by atoms with van der Waals surface area (Å²) in [5.41, 5.74) is 4.80. The molecule has 0 spiro atoms. The molecule has 4 nitrogen and oxygen atoms in total. The van der Waals surface area contributed by atoms with Gasteiger partial charge in [-0.3, -0.25) is 9.59 Å². The van der Waals surface area contributed by atoms with E-state index in [9.17, 15) is 9.59 Å². The molecule has 3 rings (SSSR count). The minimum atomic E-state index is -0.447. The van der Waals surface area contributed by atoms with E-state index in [-0.39, 0.29) is 23.3 Å². The number of nitrogens with zero attached hydrogens (tertiary/aromatic N) is 1. The van der Waals surface area contributed by atoms with Crippen molar-refractivity contribution in [3.63, 3.8) is 0 Å². The van der Waals surface area contributed by atoms with Crippen LogP contribution in [0.2, 0.25) is 0 Å². The maximum atomic E-state index is 13.5. The van der Waals surface area contributed by atoms with E-state index in [1.807, 2.05) is 6.92 Å². The average Bonchev–Trinajstić information content (AvgIpc) is 3.31. The Hall–Kier alpha value is -2.62. The Morgan fingerprint density at radius 1 is 0.971 bits per heavy atom. The highest BCUT2D eigenvalue weighted by molar-refractivity contribution is 5.88. The summed E-state index contributed by atoms with van der Waals surface area (Å²) in [6.45, 7) is 11.1.